The number of pyridine rings is 1. The van der Waals surface area contributed by atoms with Gasteiger partial charge in [0.05, 0.1) is 17.2 Å². The van der Waals surface area contributed by atoms with E-state index < -0.39 is 15.7 Å². The third-order valence-corrected chi connectivity index (χ3v) is 4.49. The van der Waals surface area contributed by atoms with Crippen molar-refractivity contribution in [1.29, 1.82) is 0 Å². The molecule has 1 aromatic rings. The fraction of sp³-hybridized carbons (Fsp3) is 0.400. The van der Waals surface area contributed by atoms with E-state index >= 15 is 0 Å². The second-order valence-electron chi connectivity index (χ2n) is 4.15. The van der Waals surface area contributed by atoms with E-state index in [9.17, 15) is 13.2 Å². The molecule has 7 nitrogen and oxygen atoms in total. The minimum atomic E-state index is -3.00. The van der Waals surface area contributed by atoms with Crippen LogP contribution in [0.25, 0.3) is 0 Å². The van der Waals surface area contributed by atoms with Crippen molar-refractivity contribution in [3.05, 3.63) is 24.0 Å². The molecule has 1 atom stereocenters. The quantitative estimate of drug-likeness (QED) is 0.493. The number of hydrazine groups is 1. The number of aromatic nitrogens is 1. The zero-order chi connectivity index (χ0) is 13.2. The molecule has 1 amide bonds. The molecule has 0 bridgehead atoms. The summed E-state index contributed by atoms with van der Waals surface area (Å²) in [5.41, 5.74) is 3.18. The lowest BCUT2D eigenvalue weighted by atomic mass is 10.2. The molecule has 1 fully saturated rings. The fourth-order valence-corrected chi connectivity index (χ4v) is 3.49. The first-order valence-electron chi connectivity index (χ1n) is 5.44. The molecule has 1 unspecified atom stereocenters. The van der Waals surface area contributed by atoms with Gasteiger partial charge in [-0.15, -0.1) is 0 Å². The number of anilines is 1. The van der Waals surface area contributed by atoms with Crippen molar-refractivity contribution < 1.29 is 13.2 Å². The molecule has 0 aliphatic carbocycles. The molecule has 18 heavy (non-hydrogen) atoms. The summed E-state index contributed by atoms with van der Waals surface area (Å²) in [6.07, 6.45) is 1.90. The number of hydrogen-bond acceptors (Lipinski definition) is 6. The SMILES string of the molecule is NNc1ccnc(C(=O)NC2CCS(=O)(=O)C2)c1. The first-order chi connectivity index (χ1) is 8.50. The Labute approximate surface area is 105 Å². The number of sulfone groups is 1. The molecule has 4 N–H and O–H groups in total. The van der Waals surface area contributed by atoms with Gasteiger partial charge in [-0.05, 0) is 18.6 Å². The highest BCUT2D eigenvalue weighted by atomic mass is 32.2. The number of amides is 1. The Balaban J connectivity index is 2.04. The van der Waals surface area contributed by atoms with Crippen molar-refractivity contribution in [3.63, 3.8) is 0 Å². The van der Waals surface area contributed by atoms with E-state index in [2.05, 4.69) is 15.7 Å². The topological polar surface area (TPSA) is 114 Å². The Morgan fingerprint density at radius 1 is 1.50 bits per heavy atom. The predicted octanol–water partition coefficient (Wildman–Crippen LogP) is -0.716. The minimum absolute atomic E-state index is 0.00638. The summed E-state index contributed by atoms with van der Waals surface area (Å²) >= 11 is 0. The first kappa shape index (κ1) is 12.8. The molecular formula is C10H14N4O3S. The van der Waals surface area contributed by atoms with Crippen LogP contribution in [-0.2, 0) is 9.84 Å². The highest BCUT2D eigenvalue weighted by Crippen LogP contribution is 2.12. The lowest BCUT2D eigenvalue weighted by Gasteiger charge is -2.10. The average Bonchev–Trinajstić information content (AvgIpc) is 2.68. The van der Waals surface area contributed by atoms with Crippen molar-refractivity contribution in [2.24, 2.45) is 5.84 Å². The largest absolute Gasteiger partial charge is 0.347 e. The van der Waals surface area contributed by atoms with Crippen molar-refractivity contribution in [2.45, 2.75) is 12.5 Å². The Bertz CT molecular complexity index is 558. The summed E-state index contributed by atoms with van der Waals surface area (Å²) in [4.78, 5) is 15.8. The molecule has 1 aromatic heterocycles. The normalized spacial score (nSPS) is 21.5. The van der Waals surface area contributed by atoms with Crippen LogP contribution in [0.15, 0.2) is 18.3 Å². The fourth-order valence-electron chi connectivity index (χ4n) is 1.81. The summed E-state index contributed by atoms with van der Waals surface area (Å²) < 4.78 is 22.5. The summed E-state index contributed by atoms with van der Waals surface area (Å²) in [6, 6.07) is 2.79. The van der Waals surface area contributed by atoms with Gasteiger partial charge >= 0.3 is 0 Å². The highest BCUT2D eigenvalue weighted by molar-refractivity contribution is 7.91. The number of nitrogens with two attached hydrogens (primary N) is 1. The maximum atomic E-state index is 11.8. The lowest BCUT2D eigenvalue weighted by molar-refractivity contribution is 0.0936. The van der Waals surface area contributed by atoms with E-state index in [0.29, 0.717) is 12.1 Å². The maximum Gasteiger partial charge on any atom is 0.270 e. The molecule has 1 aliphatic rings. The van der Waals surface area contributed by atoms with Gasteiger partial charge in [-0.25, -0.2) is 8.42 Å². The molecule has 0 spiro atoms. The van der Waals surface area contributed by atoms with E-state index in [1.165, 1.54) is 12.3 Å². The van der Waals surface area contributed by atoms with Gasteiger partial charge in [-0.1, -0.05) is 0 Å². The van der Waals surface area contributed by atoms with Crippen LogP contribution in [0, 0.1) is 0 Å². The van der Waals surface area contributed by atoms with Crippen LogP contribution < -0.4 is 16.6 Å². The van der Waals surface area contributed by atoms with E-state index in [0.717, 1.165) is 0 Å². The van der Waals surface area contributed by atoms with Gasteiger partial charge in [0.2, 0.25) is 0 Å². The zero-order valence-corrected chi connectivity index (χ0v) is 10.4. The third-order valence-electron chi connectivity index (χ3n) is 2.73. The van der Waals surface area contributed by atoms with E-state index in [4.69, 9.17) is 5.84 Å². The second-order valence-corrected chi connectivity index (χ2v) is 6.38. The Kier molecular flexibility index (Phi) is 3.48. The summed E-state index contributed by atoms with van der Waals surface area (Å²) in [7, 11) is -3.00. The second kappa shape index (κ2) is 4.91. The Morgan fingerprint density at radius 3 is 2.89 bits per heavy atom. The summed E-state index contributed by atoms with van der Waals surface area (Å²) in [5, 5.41) is 2.65. The number of carbonyl (C=O) groups excluding carboxylic acids is 1. The van der Waals surface area contributed by atoms with Crippen molar-refractivity contribution >= 4 is 21.4 Å². The van der Waals surface area contributed by atoms with Crippen LogP contribution in [-0.4, -0.2) is 36.9 Å². The van der Waals surface area contributed by atoms with Gasteiger partial charge in [0, 0.05) is 12.2 Å². The average molecular weight is 270 g/mol. The molecule has 0 radical (unpaired) electrons. The standard InChI is InChI=1S/C10H14N4O3S/c11-14-7-1-3-12-9(5-7)10(15)13-8-2-4-18(16,17)6-8/h1,3,5,8H,2,4,6,11H2,(H,12,14)(H,13,15). The smallest absolute Gasteiger partial charge is 0.270 e. The highest BCUT2D eigenvalue weighted by Gasteiger charge is 2.29. The molecule has 0 aromatic carbocycles. The van der Waals surface area contributed by atoms with Crippen molar-refractivity contribution in [3.8, 4) is 0 Å². The molecule has 1 aliphatic heterocycles. The minimum Gasteiger partial charge on any atom is -0.347 e. The maximum absolute atomic E-state index is 11.8. The predicted molar refractivity (Wildman–Crippen MR) is 66.6 cm³/mol. The number of carbonyl (C=O) groups is 1. The van der Waals surface area contributed by atoms with E-state index in [-0.39, 0.29) is 23.2 Å². The number of nitrogens with one attached hydrogen (secondary N) is 2. The van der Waals surface area contributed by atoms with E-state index in [1.54, 1.807) is 6.07 Å². The Hall–Kier alpha value is -1.67. The monoisotopic (exact) mass is 270 g/mol. The summed E-state index contributed by atoms with van der Waals surface area (Å²) in [5.74, 6) is 4.95. The third kappa shape index (κ3) is 2.96. The van der Waals surface area contributed by atoms with Gasteiger partial charge in [0.25, 0.3) is 5.91 Å². The van der Waals surface area contributed by atoms with Crippen LogP contribution >= 0.6 is 0 Å². The molecule has 8 heteroatoms. The number of nitrogens with zero attached hydrogens (tertiary/aromatic N) is 1. The van der Waals surface area contributed by atoms with Gasteiger partial charge in [0.15, 0.2) is 9.84 Å². The van der Waals surface area contributed by atoms with Crippen LogP contribution in [0.2, 0.25) is 0 Å². The van der Waals surface area contributed by atoms with E-state index in [1.807, 2.05) is 0 Å². The molecule has 2 heterocycles. The summed E-state index contributed by atoms with van der Waals surface area (Å²) in [6.45, 7) is 0. The van der Waals surface area contributed by atoms with Gasteiger partial charge in [-0.3, -0.25) is 15.6 Å². The first-order valence-corrected chi connectivity index (χ1v) is 7.26. The van der Waals surface area contributed by atoms with Crippen LogP contribution in [0.3, 0.4) is 0 Å². The van der Waals surface area contributed by atoms with Crippen molar-refractivity contribution in [2.75, 3.05) is 16.9 Å². The molecule has 98 valence electrons. The van der Waals surface area contributed by atoms with Crippen LogP contribution in [0.5, 0.6) is 0 Å². The van der Waals surface area contributed by atoms with Crippen LogP contribution in [0.1, 0.15) is 16.9 Å². The zero-order valence-electron chi connectivity index (χ0n) is 9.59. The number of rotatable bonds is 3. The van der Waals surface area contributed by atoms with Gasteiger partial charge in [-0.2, -0.15) is 0 Å². The molecule has 1 saturated heterocycles. The number of hydrogen-bond donors (Lipinski definition) is 3. The lowest BCUT2D eigenvalue weighted by Crippen LogP contribution is -2.36. The van der Waals surface area contributed by atoms with Crippen molar-refractivity contribution in [1.82, 2.24) is 10.3 Å². The molecule has 0 saturated carbocycles. The van der Waals surface area contributed by atoms with Gasteiger partial charge in [0.1, 0.15) is 5.69 Å². The number of nitrogen functional groups attached to an aromatic ring is 1. The van der Waals surface area contributed by atoms with Crippen LogP contribution in [0.4, 0.5) is 5.69 Å². The van der Waals surface area contributed by atoms with Gasteiger partial charge < -0.3 is 10.7 Å². The molecule has 2 rings (SSSR count). The Morgan fingerprint density at radius 2 is 2.28 bits per heavy atom. The molecular weight excluding hydrogens is 256 g/mol.